The Balaban J connectivity index is 1.70. The van der Waals surface area contributed by atoms with Gasteiger partial charge in [0.1, 0.15) is 18.0 Å². The van der Waals surface area contributed by atoms with Crippen molar-refractivity contribution in [3.8, 4) is 0 Å². The monoisotopic (exact) mass is 436 g/mol. The number of aromatic nitrogens is 4. The Morgan fingerprint density at radius 1 is 1.19 bits per heavy atom. The van der Waals surface area contributed by atoms with Crippen LogP contribution in [0.5, 0.6) is 0 Å². The van der Waals surface area contributed by atoms with Crippen molar-refractivity contribution in [1.82, 2.24) is 24.9 Å². The number of amides is 1. The molecule has 7 nitrogen and oxygen atoms in total. The summed E-state index contributed by atoms with van der Waals surface area (Å²) in [5, 5.41) is 6.34. The van der Waals surface area contributed by atoms with Crippen molar-refractivity contribution in [1.29, 1.82) is 0 Å². The van der Waals surface area contributed by atoms with Gasteiger partial charge in [-0.1, -0.05) is 12.1 Å². The van der Waals surface area contributed by atoms with Gasteiger partial charge in [0.25, 0.3) is 5.78 Å². The number of rotatable bonds is 3. The first kappa shape index (κ1) is 21.0. The minimum Gasteiger partial charge on any atom is -0.354 e. The number of alkyl halides is 3. The quantitative estimate of drug-likeness (QED) is 0.639. The van der Waals surface area contributed by atoms with Crippen LogP contribution in [-0.2, 0) is 4.79 Å². The molecule has 0 saturated carbocycles. The van der Waals surface area contributed by atoms with E-state index in [4.69, 9.17) is 0 Å². The van der Waals surface area contributed by atoms with E-state index in [1.54, 1.807) is 16.6 Å². The van der Waals surface area contributed by atoms with Gasteiger partial charge in [-0.05, 0) is 38.0 Å². The van der Waals surface area contributed by atoms with Crippen LogP contribution in [0.4, 0.5) is 23.4 Å². The molecule has 0 aliphatic carbocycles. The first-order chi connectivity index (χ1) is 14.6. The van der Waals surface area contributed by atoms with Crippen molar-refractivity contribution in [3.05, 3.63) is 53.2 Å². The van der Waals surface area contributed by atoms with E-state index in [9.17, 15) is 22.4 Å². The number of nitrogens with zero attached hydrogens (tertiary/aromatic N) is 5. The highest BCUT2D eigenvalue weighted by atomic mass is 19.4. The summed E-state index contributed by atoms with van der Waals surface area (Å²) < 4.78 is 53.9. The van der Waals surface area contributed by atoms with Gasteiger partial charge in [-0.3, -0.25) is 4.79 Å². The number of nitrogens with one attached hydrogen (secondary N) is 1. The number of aryl methyl sites for hydroxylation is 1. The second-order valence-corrected chi connectivity index (χ2v) is 7.59. The Morgan fingerprint density at radius 2 is 1.90 bits per heavy atom. The summed E-state index contributed by atoms with van der Waals surface area (Å²) in [6.07, 6.45) is -3.19. The average Bonchev–Trinajstić information content (AvgIpc) is 3.16. The molecule has 3 aromatic rings. The Bertz CT molecular complexity index is 1110. The molecule has 3 heterocycles. The third-order valence-corrected chi connectivity index (χ3v) is 5.66. The minimum atomic E-state index is -5.00. The summed E-state index contributed by atoms with van der Waals surface area (Å²) in [7, 11) is 0. The fraction of sp³-hybridized carbons (Fsp3) is 0.400. The van der Waals surface area contributed by atoms with Crippen LogP contribution in [0.2, 0.25) is 0 Å². The van der Waals surface area contributed by atoms with Gasteiger partial charge in [-0.15, -0.1) is 0 Å². The van der Waals surface area contributed by atoms with Crippen LogP contribution >= 0.6 is 0 Å². The van der Waals surface area contributed by atoms with Crippen molar-refractivity contribution >= 4 is 17.5 Å². The molecule has 0 bridgehead atoms. The van der Waals surface area contributed by atoms with E-state index in [0.717, 1.165) is 11.3 Å². The van der Waals surface area contributed by atoms with Crippen molar-refractivity contribution in [3.63, 3.8) is 0 Å². The zero-order chi connectivity index (χ0) is 22.3. The molecule has 31 heavy (non-hydrogen) atoms. The molecule has 4 rings (SSSR count). The topological polar surface area (TPSA) is 75.4 Å². The first-order valence-corrected chi connectivity index (χ1v) is 9.70. The van der Waals surface area contributed by atoms with Crippen molar-refractivity contribution in [2.24, 2.45) is 0 Å². The van der Waals surface area contributed by atoms with Crippen molar-refractivity contribution < 1.29 is 22.4 Å². The number of piperidine rings is 1. The summed E-state index contributed by atoms with van der Waals surface area (Å²) in [6, 6.07) is 4.76. The molecular weight excluding hydrogens is 416 g/mol. The molecule has 1 N–H and O–H groups in total. The van der Waals surface area contributed by atoms with Gasteiger partial charge in [-0.2, -0.15) is 27.8 Å². The molecule has 11 heteroatoms. The molecule has 2 unspecified atom stereocenters. The molecule has 164 valence electrons. The van der Waals surface area contributed by atoms with E-state index in [1.165, 1.54) is 18.5 Å². The smallest absolute Gasteiger partial charge is 0.354 e. The van der Waals surface area contributed by atoms with Crippen LogP contribution in [0.1, 0.15) is 29.2 Å². The minimum absolute atomic E-state index is 0.114. The summed E-state index contributed by atoms with van der Waals surface area (Å²) in [4.78, 5) is 22.1. The second-order valence-electron chi connectivity index (χ2n) is 7.59. The Kier molecular flexibility index (Phi) is 5.28. The van der Waals surface area contributed by atoms with Gasteiger partial charge < -0.3 is 10.2 Å². The third kappa shape index (κ3) is 4.04. The second kappa shape index (κ2) is 7.78. The molecule has 1 amide bonds. The van der Waals surface area contributed by atoms with Gasteiger partial charge in [0.05, 0.1) is 6.04 Å². The van der Waals surface area contributed by atoms with Gasteiger partial charge in [0.15, 0.2) is 0 Å². The molecule has 2 aromatic heterocycles. The zero-order valence-electron chi connectivity index (χ0n) is 16.8. The lowest BCUT2D eigenvalue weighted by Gasteiger charge is -2.40. The van der Waals surface area contributed by atoms with Crippen molar-refractivity contribution in [2.45, 2.75) is 38.4 Å². The highest BCUT2D eigenvalue weighted by Crippen LogP contribution is 2.33. The predicted molar refractivity (Wildman–Crippen MR) is 104 cm³/mol. The number of carbonyl (C=O) groups is 1. The summed E-state index contributed by atoms with van der Waals surface area (Å²) in [6.45, 7) is 4.29. The lowest BCUT2D eigenvalue weighted by Crippen LogP contribution is -2.54. The van der Waals surface area contributed by atoms with Gasteiger partial charge >= 0.3 is 12.1 Å². The Morgan fingerprint density at radius 3 is 2.58 bits per heavy atom. The molecule has 2 atom stereocenters. The maximum Gasteiger partial charge on any atom is 0.471 e. The summed E-state index contributed by atoms with van der Waals surface area (Å²) in [5.41, 5.74) is 2.22. The Hall–Kier alpha value is -3.24. The molecule has 1 aliphatic rings. The normalized spacial score (nSPS) is 19.6. The van der Waals surface area contributed by atoms with Gasteiger partial charge in [-0.25, -0.2) is 9.37 Å². The van der Waals surface area contributed by atoms with Crippen LogP contribution in [0, 0.1) is 19.7 Å². The van der Waals surface area contributed by atoms with E-state index >= 15 is 0 Å². The summed E-state index contributed by atoms with van der Waals surface area (Å²) >= 11 is 0. The fourth-order valence-corrected chi connectivity index (χ4v) is 4.04. The van der Waals surface area contributed by atoms with Crippen molar-refractivity contribution in [2.75, 3.05) is 18.0 Å². The first-order valence-electron chi connectivity index (χ1n) is 9.70. The van der Waals surface area contributed by atoms with E-state index in [1.807, 2.05) is 18.7 Å². The molecule has 0 spiro atoms. The van der Waals surface area contributed by atoms with E-state index in [-0.39, 0.29) is 6.54 Å². The molecule has 1 aromatic carbocycles. The lowest BCUT2D eigenvalue weighted by atomic mass is 9.85. The summed E-state index contributed by atoms with van der Waals surface area (Å²) in [5.74, 6) is -1.79. The lowest BCUT2D eigenvalue weighted by molar-refractivity contribution is -0.174. The van der Waals surface area contributed by atoms with E-state index in [2.05, 4.69) is 20.4 Å². The zero-order valence-corrected chi connectivity index (χ0v) is 16.8. The highest BCUT2D eigenvalue weighted by molar-refractivity contribution is 5.82. The highest BCUT2D eigenvalue weighted by Gasteiger charge is 2.42. The fourth-order valence-electron chi connectivity index (χ4n) is 4.04. The molecule has 1 fully saturated rings. The van der Waals surface area contributed by atoms with Crippen LogP contribution in [0.15, 0.2) is 30.6 Å². The molecule has 1 aliphatic heterocycles. The maximum absolute atomic E-state index is 13.4. The maximum atomic E-state index is 13.4. The van der Waals surface area contributed by atoms with Crippen LogP contribution in [0.25, 0.3) is 5.78 Å². The van der Waals surface area contributed by atoms with E-state index < -0.39 is 29.9 Å². The number of hydrogen-bond donors (Lipinski definition) is 1. The van der Waals surface area contributed by atoms with Gasteiger partial charge in [0.2, 0.25) is 0 Å². The largest absolute Gasteiger partial charge is 0.471 e. The van der Waals surface area contributed by atoms with Crippen LogP contribution < -0.4 is 10.2 Å². The number of halogens is 4. The predicted octanol–water partition coefficient (Wildman–Crippen LogP) is 2.92. The van der Waals surface area contributed by atoms with E-state index in [0.29, 0.717) is 30.1 Å². The molecule has 1 saturated heterocycles. The van der Waals surface area contributed by atoms with Crippen LogP contribution in [0.3, 0.4) is 0 Å². The standard InChI is InChI=1S/C20H20F4N6O/c1-11-12(2)27-19-25-10-26-30(19)17(11)29-8-7-15(13-3-5-14(21)6-4-13)16(9-29)28-18(31)20(22,23)24/h3-6,10,15-16H,7-9H2,1-2H3,(H,28,31). The number of fused-ring (bicyclic) bond motifs is 1. The van der Waals surface area contributed by atoms with Gasteiger partial charge in [0, 0.05) is 30.3 Å². The third-order valence-electron chi connectivity index (χ3n) is 5.66. The number of benzene rings is 1. The Labute approximate surface area is 175 Å². The number of carbonyl (C=O) groups excluding carboxylic acids is 1. The number of anilines is 1. The SMILES string of the molecule is Cc1nc2ncnn2c(N2CCC(c3ccc(F)cc3)C(NC(=O)C(F)(F)F)C2)c1C. The molecule has 0 radical (unpaired) electrons. The average molecular weight is 436 g/mol. The van der Waals surface area contributed by atoms with Crippen LogP contribution in [-0.4, -0.2) is 50.8 Å². The molecular formula is C20H20F4N6O. The number of hydrogen-bond acceptors (Lipinski definition) is 5.